The summed E-state index contributed by atoms with van der Waals surface area (Å²) in [5.41, 5.74) is 2.84. The predicted octanol–water partition coefficient (Wildman–Crippen LogP) is 5.67. The zero-order valence-electron chi connectivity index (χ0n) is 13.6. The first-order chi connectivity index (χ1) is 10.2. The van der Waals surface area contributed by atoms with Gasteiger partial charge in [0.25, 0.3) is 0 Å². The van der Waals surface area contributed by atoms with E-state index in [0.717, 1.165) is 13.0 Å². The van der Waals surface area contributed by atoms with Crippen molar-refractivity contribution in [1.82, 2.24) is 5.32 Å². The quantitative estimate of drug-likeness (QED) is 0.694. The van der Waals surface area contributed by atoms with E-state index in [1.54, 1.807) is 0 Å². The van der Waals surface area contributed by atoms with Crippen LogP contribution in [0.5, 0.6) is 0 Å². The van der Waals surface area contributed by atoms with Crippen LogP contribution in [0.3, 0.4) is 0 Å². The molecule has 2 rings (SSSR count). The Morgan fingerprint density at radius 2 is 1.81 bits per heavy atom. The average molecular weight is 301 g/mol. The van der Waals surface area contributed by atoms with Crippen molar-refractivity contribution in [3.05, 3.63) is 46.8 Å². The van der Waals surface area contributed by atoms with Gasteiger partial charge in [0.2, 0.25) is 0 Å². The topological polar surface area (TPSA) is 12.0 Å². The SMILES string of the molecule is CCCNC(c1ccc(-c2ccccc2CC)s1)C(C)C. The molecule has 0 spiro atoms. The number of hydrogen-bond donors (Lipinski definition) is 1. The van der Waals surface area contributed by atoms with Crippen molar-refractivity contribution in [2.75, 3.05) is 6.54 Å². The highest BCUT2D eigenvalue weighted by molar-refractivity contribution is 7.15. The predicted molar refractivity (Wildman–Crippen MR) is 95.0 cm³/mol. The molecule has 0 amide bonds. The van der Waals surface area contributed by atoms with Crippen LogP contribution in [-0.2, 0) is 6.42 Å². The summed E-state index contributed by atoms with van der Waals surface area (Å²) in [5.74, 6) is 0.615. The van der Waals surface area contributed by atoms with Crippen LogP contribution in [0.4, 0.5) is 0 Å². The molecule has 1 nitrogen and oxygen atoms in total. The summed E-state index contributed by atoms with van der Waals surface area (Å²) in [6.45, 7) is 10.1. The number of thiophene rings is 1. The van der Waals surface area contributed by atoms with Gasteiger partial charge in [0, 0.05) is 15.8 Å². The molecule has 1 atom stereocenters. The number of benzene rings is 1. The molecule has 0 aliphatic rings. The molecule has 21 heavy (non-hydrogen) atoms. The molecule has 2 aromatic rings. The van der Waals surface area contributed by atoms with E-state index < -0.39 is 0 Å². The lowest BCUT2D eigenvalue weighted by molar-refractivity contribution is 0.418. The number of hydrogen-bond acceptors (Lipinski definition) is 2. The van der Waals surface area contributed by atoms with Gasteiger partial charge < -0.3 is 5.32 Å². The van der Waals surface area contributed by atoms with Crippen LogP contribution in [0.1, 0.15) is 50.6 Å². The van der Waals surface area contributed by atoms with E-state index in [4.69, 9.17) is 0 Å². The molecule has 0 fully saturated rings. The molecule has 1 aromatic heterocycles. The van der Waals surface area contributed by atoms with E-state index in [0.29, 0.717) is 12.0 Å². The van der Waals surface area contributed by atoms with Crippen molar-refractivity contribution in [2.45, 2.75) is 46.6 Å². The summed E-state index contributed by atoms with van der Waals surface area (Å²) in [5, 5.41) is 3.69. The lowest BCUT2D eigenvalue weighted by Gasteiger charge is -2.21. The Balaban J connectivity index is 2.27. The molecule has 0 aliphatic heterocycles. The van der Waals surface area contributed by atoms with Gasteiger partial charge in [-0.1, -0.05) is 52.0 Å². The van der Waals surface area contributed by atoms with Crippen LogP contribution >= 0.6 is 11.3 Å². The van der Waals surface area contributed by atoms with Crippen LogP contribution < -0.4 is 5.32 Å². The maximum absolute atomic E-state index is 3.69. The lowest BCUT2D eigenvalue weighted by Crippen LogP contribution is -2.25. The number of aryl methyl sites for hydroxylation is 1. The fourth-order valence-corrected chi connectivity index (χ4v) is 4.02. The van der Waals surface area contributed by atoms with E-state index in [9.17, 15) is 0 Å². The molecule has 1 unspecified atom stereocenters. The summed E-state index contributed by atoms with van der Waals surface area (Å²) >= 11 is 1.94. The Morgan fingerprint density at radius 1 is 1.05 bits per heavy atom. The van der Waals surface area contributed by atoms with Gasteiger partial charge in [-0.2, -0.15) is 0 Å². The number of nitrogens with one attached hydrogen (secondary N) is 1. The molecule has 1 N–H and O–H groups in total. The van der Waals surface area contributed by atoms with Gasteiger partial charge in [0.15, 0.2) is 0 Å². The Morgan fingerprint density at radius 3 is 2.48 bits per heavy atom. The van der Waals surface area contributed by atoms with Crippen molar-refractivity contribution in [3.63, 3.8) is 0 Å². The second-order valence-electron chi connectivity index (χ2n) is 5.89. The Bertz CT molecular complexity index is 556. The molecule has 2 heteroatoms. The van der Waals surface area contributed by atoms with Crippen LogP contribution in [0.2, 0.25) is 0 Å². The highest BCUT2D eigenvalue weighted by Crippen LogP contribution is 2.35. The minimum Gasteiger partial charge on any atom is -0.309 e. The van der Waals surface area contributed by atoms with Crippen molar-refractivity contribution < 1.29 is 0 Å². The summed E-state index contributed by atoms with van der Waals surface area (Å²) in [6.07, 6.45) is 2.27. The van der Waals surface area contributed by atoms with E-state index in [2.05, 4.69) is 69.4 Å². The maximum Gasteiger partial charge on any atom is 0.0438 e. The minimum absolute atomic E-state index is 0.470. The first-order valence-corrected chi connectivity index (χ1v) is 8.90. The third-order valence-corrected chi connectivity index (χ3v) is 5.08. The fraction of sp³-hybridized carbons (Fsp3) is 0.474. The van der Waals surface area contributed by atoms with E-state index >= 15 is 0 Å². The summed E-state index contributed by atoms with van der Waals surface area (Å²) in [7, 11) is 0. The van der Waals surface area contributed by atoms with Crippen molar-refractivity contribution in [3.8, 4) is 10.4 Å². The molecule has 0 bridgehead atoms. The van der Waals surface area contributed by atoms with Gasteiger partial charge in [-0.15, -0.1) is 11.3 Å². The normalized spacial score (nSPS) is 12.8. The molecule has 0 saturated heterocycles. The van der Waals surface area contributed by atoms with Crippen molar-refractivity contribution in [2.24, 2.45) is 5.92 Å². The maximum atomic E-state index is 3.69. The third-order valence-electron chi connectivity index (χ3n) is 3.88. The minimum atomic E-state index is 0.470. The Kier molecular flexibility index (Phi) is 6.01. The van der Waals surface area contributed by atoms with Crippen molar-refractivity contribution in [1.29, 1.82) is 0 Å². The third kappa shape index (κ3) is 3.96. The van der Waals surface area contributed by atoms with Gasteiger partial charge in [-0.3, -0.25) is 0 Å². The molecule has 0 aliphatic carbocycles. The molecule has 1 aromatic carbocycles. The standard InChI is InChI=1S/C19H27NS/c1-5-13-20-19(14(3)4)18-12-11-17(21-18)16-10-8-7-9-15(16)6-2/h7-12,14,19-20H,5-6,13H2,1-4H3. The molecule has 114 valence electrons. The second-order valence-corrected chi connectivity index (χ2v) is 7.00. The van der Waals surface area contributed by atoms with Gasteiger partial charge in [-0.25, -0.2) is 0 Å². The Labute approximate surface area is 133 Å². The second kappa shape index (κ2) is 7.77. The molecular weight excluding hydrogens is 274 g/mol. The summed E-state index contributed by atoms with van der Waals surface area (Å²) in [4.78, 5) is 2.85. The zero-order chi connectivity index (χ0) is 15.2. The summed E-state index contributed by atoms with van der Waals surface area (Å²) < 4.78 is 0. The first-order valence-electron chi connectivity index (χ1n) is 8.08. The van der Waals surface area contributed by atoms with Gasteiger partial charge in [-0.05, 0) is 48.6 Å². The average Bonchev–Trinajstić information content (AvgIpc) is 2.96. The van der Waals surface area contributed by atoms with Gasteiger partial charge in [0.1, 0.15) is 0 Å². The van der Waals surface area contributed by atoms with E-state index in [1.807, 2.05) is 11.3 Å². The largest absolute Gasteiger partial charge is 0.309 e. The first kappa shape index (κ1) is 16.3. The van der Waals surface area contributed by atoms with Gasteiger partial charge >= 0.3 is 0 Å². The summed E-state index contributed by atoms with van der Waals surface area (Å²) in [6, 6.07) is 13.8. The Hall–Kier alpha value is -1.12. The van der Waals surface area contributed by atoms with Crippen LogP contribution in [0.25, 0.3) is 10.4 Å². The van der Waals surface area contributed by atoms with Gasteiger partial charge in [0.05, 0.1) is 0 Å². The van der Waals surface area contributed by atoms with E-state index in [1.165, 1.54) is 27.3 Å². The lowest BCUT2D eigenvalue weighted by atomic mass is 10.0. The van der Waals surface area contributed by atoms with E-state index in [-0.39, 0.29) is 0 Å². The molecule has 1 heterocycles. The van der Waals surface area contributed by atoms with Crippen LogP contribution in [0, 0.1) is 5.92 Å². The fourth-order valence-electron chi connectivity index (χ4n) is 2.70. The molecule has 0 saturated carbocycles. The van der Waals surface area contributed by atoms with Crippen molar-refractivity contribution >= 4 is 11.3 Å². The monoisotopic (exact) mass is 301 g/mol. The highest BCUT2D eigenvalue weighted by Gasteiger charge is 2.17. The smallest absolute Gasteiger partial charge is 0.0438 e. The highest BCUT2D eigenvalue weighted by atomic mass is 32.1. The molecule has 0 radical (unpaired) electrons. The van der Waals surface area contributed by atoms with Crippen LogP contribution in [0.15, 0.2) is 36.4 Å². The zero-order valence-corrected chi connectivity index (χ0v) is 14.5. The molecular formula is C19H27NS. The van der Waals surface area contributed by atoms with Crippen LogP contribution in [-0.4, -0.2) is 6.54 Å². The number of rotatable bonds is 7.